The first kappa shape index (κ1) is 9.68. The van der Waals surface area contributed by atoms with Crippen LogP contribution < -0.4 is 0 Å². The smallest absolute Gasteiger partial charge is 0.371 e. The van der Waals surface area contributed by atoms with Crippen molar-refractivity contribution in [2.24, 2.45) is 0 Å². The van der Waals surface area contributed by atoms with E-state index >= 15 is 0 Å². The minimum atomic E-state index is -1.31. The Labute approximate surface area is 64.5 Å². The van der Waals surface area contributed by atoms with Crippen molar-refractivity contribution in [3.63, 3.8) is 0 Å². The number of hydrogen-bond donors (Lipinski definition) is 1. The zero-order valence-electron chi connectivity index (χ0n) is 6.29. The van der Waals surface area contributed by atoms with Gasteiger partial charge in [-0.25, -0.2) is 4.79 Å². The van der Waals surface area contributed by atoms with E-state index in [4.69, 9.17) is 5.11 Å². The van der Waals surface area contributed by atoms with Gasteiger partial charge in [0, 0.05) is 6.42 Å². The number of carboxylic acids is 1. The minimum Gasteiger partial charge on any atom is -0.475 e. The number of rotatable bonds is 4. The van der Waals surface area contributed by atoms with E-state index in [1.165, 1.54) is 0 Å². The van der Waals surface area contributed by atoms with Gasteiger partial charge >= 0.3 is 11.9 Å². The highest BCUT2D eigenvalue weighted by molar-refractivity contribution is 5.87. The summed E-state index contributed by atoms with van der Waals surface area (Å²) in [6, 6.07) is 0. The van der Waals surface area contributed by atoms with Gasteiger partial charge in [-0.3, -0.25) is 4.79 Å². The van der Waals surface area contributed by atoms with Gasteiger partial charge in [0.05, 0.1) is 0 Å². The number of aliphatic carboxylic acids is 1. The molecule has 4 heteroatoms. The van der Waals surface area contributed by atoms with E-state index in [-0.39, 0.29) is 6.42 Å². The molecule has 0 spiro atoms. The lowest BCUT2D eigenvalue weighted by Crippen LogP contribution is -2.09. The number of ether oxygens (including phenoxy) is 1. The summed E-state index contributed by atoms with van der Waals surface area (Å²) in [5, 5.41) is 8.22. The fourth-order valence-corrected chi connectivity index (χ4v) is 0.436. The lowest BCUT2D eigenvalue weighted by Gasteiger charge is -2.00. The average molecular weight is 158 g/mol. The Balaban J connectivity index is 3.76. The van der Waals surface area contributed by atoms with Gasteiger partial charge in [-0.1, -0.05) is 6.92 Å². The Morgan fingerprint density at radius 3 is 2.45 bits per heavy atom. The van der Waals surface area contributed by atoms with E-state index in [0.29, 0.717) is 6.42 Å². The molecular weight excluding hydrogens is 148 g/mol. The van der Waals surface area contributed by atoms with E-state index in [9.17, 15) is 9.59 Å². The minimum absolute atomic E-state index is 0.215. The van der Waals surface area contributed by atoms with Crippen LogP contribution in [0.1, 0.15) is 19.8 Å². The van der Waals surface area contributed by atoms with Gasteiger partial charge in [-0.15, -0.1) is 0 Å². The largest absolute Gasteiger partial charge is 0.475 e. The monoisotopic (exact) mass is 158 g/mol. The summed E-state index contributed by atoms with van der Waals surface area (Å²) < 4.78 is 4.32. The zero-order chi connectivity index (χ0) is 8.85. The molecule has 0 saturated carbocycles. The molecule has 0 unspecified atom stereocenters. The summed E-state index contributed by atoms with van der Waals surface area (Å²) in [4.78, 5) is 20.7. The van der Waals surface area contributed by atoms with Crippen LogP contribution >= 0.6 is 0 Å². The Morgan fingerprint density at radius 2 is 2.09 bits per heavy atom. The molecule has 0 aliphatic carbocycles. The third-order valence-electron chi connectivity index (χ3n) is 0.930. The third kappa shape index (κ3) is 4.13. The van der Waals surface area contributed by atoms with Crippen LogP contribution in [0.2, 0.25) is 0 Å². The number of carboxylic acid groups (broad SMARTS) is 1. The first-order valence-corrected chi connectivity index (χ1v) is 3.20. The molecule has 62 valence electrons. The SMILES string of the molecule is C=C(OC(=O)CCC)C(=O)O. The molecule has 0 aromatic heterocycles. The van der Waals surface area contributed by atoms with Crippen molar-refractivity contribution in [2.45, 2.75) is 19.8 Å². The Bertz CT molecular complexity index is 183. The fourth-order valence-electron chi connectivity index (χ4n) is 0.436. The molecule has 0 heterocycles. The van der Waals surface area contributed by atoms with Crippen molar-refractivity contribution in [1.29, 1.82) is 0 Å². The van der Waals surface area contributed by atoms with Crippen LogP contribution in [0.4, 0.5) is 0 Å². The maximum absolute atomic E-state index is 10.6. The van der Waals surface area contributed by atoms with Crippen molar-refractivity contribution in [1.82, 2.24) is 0 Å². The molecule has 0 amide bonds. The Morgan fingerprint density at radius 1 is 1.55 bits per heavy atom. The highest BCUT2D eigenvalue weighted by Crippen LogP contribution is 1.98. The number of carbonyl (C=O) groups is 2. The van der Waals surface area contributed by atoms with Crippen molar-refractivity contribution >= 4 is 11.9 Å². The molecule has 0 aliphatic rings. The van der Waals surface area contributed by atoms with Crippen LogP contribution in [-0.4, -0.2) is 17.0 Å². The van der Waals surface area contributed by atoms with Crippen LogP contribution in [0.15, 0.2) is 12.3 Å². The summed E-state index contributed by atoms with van der Waals surface area (Å²) in [6.45, 7) is 4.83. The van der Waals surface area contributed by atoms with E-state index in [0.717, 1.165) is 0 Å². The molecule has 0 aliphatic heterocycles. The quantitative estimate of drug-likeness (QED) is 0.375. The van der Waals surface area contributed by atoms with E-state index in [2.05, 4.69) is 11.3 Å². The number of hydrogen-bond acceptors (Lipinski definition) is 3. The van der Waals surface area contributed by atoms with Gasteiger partial charge in [0.25, 0.3) is 0 Å². The van der Waals surface area contributed by atoms with Crippen molar-refractivity contribution < 1.29 is 19.4 Å². The molecule has 0 fully saturated rings. The lowest BCUT2D eigenvalue weighted by molar-refractivity contribution is -0.148. The molecule has 0 atom stereocenters. The number of esters is 1. The van der Waals surface area contributed by atoms with Crippen LogP contribution in [0, 0.1) is 0 Å². The van der Waals surface area contributed by atoms with Gasteiger partial charge in [0.1, 0.15) is 0 Å². The average Bonchev–Trinajstić information content (AvgIpc) is 1.87. The molecule has 0 saturated heterocycles. The van der Waals surface area contributed by atoms with Gasteiger partial charge in [0.15, 0.2) is 0 Å². The normalized spacial score (nSPS) is 8.82. The van der Waals surface area contributed by atoms with Gasteiger partial charge in [-0.2, -0.15) is 0 Å². The van der Waals surface area contributed by atoms with Crippen LogP contribution in [0.3, 0.4) is 0 Å². The van der Waals surface area contributed by atoms with Crippen LogP contribution in [0.25, 0.3) is 0 Å². The number of carbonyl (C=O) groups excluding carboxylic acids is 1. The second-order valence-electron chi connectivity index (χ2n) is 1.95. The summed E-state index contributed by atoms with van der Waals surface area (Å²) in [5.74, 6) is -2.39. The topological polar surface area (TPSA) is 63.6 Å². The summed E-state index contributed by atoms with van der Waals surface area (Å²) in [5.41, 5.74) is 0. The van der Waals surface area contributed by atoms with E-state index < -0.39 is 17.7 Å². The molecule has 1 N–H and O–H groups in total. The fraction of sp³-hybridized carbons (Fsp3) is 0.429. The van der Waals surface area contributed by atoms with Gasteiger partial charge in [-0.05, 0) is 13.0 Å². The second-order valence-corrected chi connectivity index (χ2v) is 1.95. The second kappa shape index (κ2) is 4.49. The van der Waals surface area contributed by atoms with E-state index in [1.54, 1.807) is 6.92 Å². The molecule has 4 nitrogen and oxygen atoms in total. The highest BCUT2D eigenvalue weighted by Gasteiger charge is 2.09. The molecule has 0 rings (SSSR count). The zero-order valence-corrected chi connectivity index (χ0v) is 6.29. The van der Waals surface area contributed by atoms with E-state index in [1.807, 2.05) is 0 Å². The van der Waals surface area contributed by atoms with Crippen LogP contribution in [-0.2, 0) is 14.3 Å². The maximum Gasteiger partial charge on any atom is 0.371 e. The maximum atomic E-state index is 10.6. The molecule has 0 aromatic carbocycles. The standard InChI is InChI=1S/C7H10O4/c1-3-4-6(8)11-5(2)7(9)10/h2-4H2,1H3,(H,9,10). The molecule has 11 heavy (non-hydrogen) atoms. The lowest BCUT2D eigenvalue weighted by atomic mass is 10.3. The Hall–Kier alpha value is -1.32. The summed E-state index contributed by atoms with van der Waals surface area (Å²) in [6.07, 6.45) is 0.845. The molecule has 0 radical (unpaired) electrons. The third-order valence-corrected chi connectivity index (χ3v) is 0.930. The van der Waals surface area contributed by atoms with Crippen molar-refractivity contribution in [3.05, 3.63) is 12.3 Å². The predicted octanol–water partition coefficient (Wildman–Crippen LogP) is 0.928. The summed E-state index contributed by atoms with van der Waals surface area (Å²) in [7, 11) is 0. The van der Waals surface area contributed by atoms with Gasteiger partial charge in [0.2, 0.25) is 5.76 Å². The molecule has 0 bridgehead atoms. The molecular formula is C7H10O4. The summed E-state index contributed by atoms with van der Waals surface area (Å²) >= 11 is 0. The van der Waals surface area contributed by atoms with Gasteiger partial charge < -0.3 is 9.84 Å². The molecule has 0 aromatic rings. The van der Waals surface area contributed by atoms with Crippen molar-refractivity contribution in [3.8, 4) is 0 Å². The Kier molecular flexibility index (Phi) is 3.95. The first-order valence-electron chi connectivity index (χ1n) is 3.20. The first-order chi connectivity index (χ1) is 5.07. The predicted molar refractivity (Wildman–Crippen MR) is 37.8 cm³/mol. The van der Waals surface area contributed by atoms with Crippen molar-refractivity contribution in [2.75, 3.05) is 0 Å². The highest BCUT2D eigenvalue weighted by atomic mass is 16.6. The van der Waals surface area contributed by atoms with Crippen LogP contribution in [0.5, 0.6) is 0 Å².